The molecular weight excluding hydrogens is 400 g/mol. The van der Waals surface area contributed by atoms with E-state index in [1.807, 2.05) is 6.07 Å². The number of amides is 1. The topological polar surface area (TPSA) is 37.7 Å². The molecule has 0 bridgehead atoms. The van der Waals surface area contributed by atoms with Gasteiger partial charge in [0.25, 0.3) is 0 Å². The Morgan fingerprint density at radius 3 is 2.39 bits per heavy atom. The zero-order valence-corrected chi connectivity index (χ0v) is 17.3. The zero-order valence-electron chi connectivity index (χ0n) is 17.3. The van der Waals surface area contributed by atoms with E-state index in [1.165, 1.54) is 18.2 Å². The van der Waals surface area contributed by atoms with Gasteiger partial charge in [0.2, 0.25) is 0 Å². The van der Waals surface area contributed by atoms with Gasteiger partial charge < -0.3 is 19.1 Å². The SMILES string of the molecule is O=C1OCCN1CCN1CCC(n2cc(-c3ccc(F)cc3)c3cc(F)ccc32)CC1. The maximum atomic E-state index is 14.0. The molecule has 0 atom stereocenters. The highest BCUT2D eigenvalue weighted by molar-refractivity contribution is 5.96. The molecule has 31 heavy (non-hydrogen) atoms. The van der Waals surface area contributed by atoms with Gasteiger partial charge in [0.1, 0.15) is 18.2 Å². The van der Waals surface area contributed by atoms with Crippen molar-refractivity contribution in [1.29, 1.82) is 0 Å². The van der Waals surface area contributed by atoms with Crippen molar-refractivity contribution in [3.05, 3.63) is 60.3 Å². The second kappa shape index (κ2) is 8.30. The lowest BCUT2D eigenvalue weighted by atomic mass is 10.0. The molecule has 1 amide bonds. The van der Waals surface area contributed by atoms with Crippen LogP contribution in [0.5, 0.6) is 0 Å². The molecule has 3 aromatic rings. The number of hydrogen-bond acceptors (Lipinski definition) is 3. The van der Waals surface area contributed by atoms with Crippen LogP contribution < -0.4 is 0 Å². The molecule has 0 saturated carbocycles. The van der Waals surface area contributed by atoms with Gasteiger partial charge in [0.05, 0.1) is 6.54 Å². The van der Waals surface area contributed by atoms with Crippen LogP contribution in [0.3, 0.4) is 0 Å². The smallest absolute Gasteiger partial charge is 0.409 e. The molecule has 7 heteroatoms. The Hall–Kier alpha value is -2.93. The lowest BCUT2D eigenvalue weighted by Crippen LogP contribution is -2.40. The van der Waals surface area contributed by atoms with Crippen LogP contribution >= 0.6 is 0 Å². The zero-order chi connectivity index (χ0) is 21.4. The van der Waals surface area contributed by atoms with E-state index in [0.717, 1.165) is 54.5 Å². The number of benzene rings is 2. The van der Waals surface area contributed by atoms with Gasteiger partial charge in [-0.2, -0.15) is 0 Å². The molecular formula is C24H25F2N3O2. The van der Waals surface area contributed by atoms with E-state index in [4.69, 9.17) is 4.74 Å². The summed E-state index contributed by atoms with van der Waals surface area (Å²) in [4.78, 5) is 15.7. The molecule has 0 unspecified atom stereocenters. The summed E-state index contributed by atoms with van der Waals surface area (Å²) in [6.07, 6.45) is 3.83. The lowest BCUT2D eigenvalue weighted by Gasteiger charge is -2.33. The summed E-state index contributed by atoms with van der Waals surface area (Å²) in [6.45, 7) is 4.59. The molecule has 2 saturated heterocycles. The summed E-state index contributed by atoms with van der Waals surface area (Å²) in [5.74, 6) is -0.558. The monoisotopic (exact) mass is 425 g/mol. The summed E-state index contributed by atoms with van der Waals surface area (Å²) in [7, 11) is 0. The van der Waals surface area contributed by atoms with Crippen LogP contribution in [0.1, 0.15) is 18.9 Å². The molecule has 1 aromatic heterocycles. The van der Waals surface area contributed by atoms with Crippen molar-refractivity contribution in [2.75, 3.05) is 39.3 Å². The molecule has 5 nitrogen and oxygen atoms in total. The Morgan fingerprint density at radius 2 is 1.68 bits per heavy atom. The first-order valence-electron chi connectivity index (χ1n) is 10.8. The number of piperidine rings is 1. The van der Waals surface area contributed by atoms with Gasteiger partial charge in [-0.15, -0.1) is 0 Å². The number of halogens is 2. The quantitative estimate of drug-likeness (QED) is 0.596. The van der Waals surface area contributed by atoms with E-state index < -0.39 is 0 Å². The third-order valence-corrected chi connectivity index (χ3v) is 6.43. The van der Waals surface area contributed by atoms with Gasteiger partial charge in [-0.25, -0.2) is 13.6 Å². The minimum atomic E-state index is -0.284. The minimum Gasteiger partial charge on any atom is -0.448 e. The average molecular weight is 425 g/mol. The van der Waals surface area contributed by atoms with Crippen molar-refractivity contribution in [3.8, 4) is 11.1 Å². The molecule has 162 valence electrons. The van der Waals surface area contributed by atoms with Crippen LogP contribution in [-0.4, -0.2) is 59.8 Å². The van der Waals surface area contributed by atoms with Crippen LogP contribution in [-0.2, 0) is 4.74 Å². The first-order chi connectivity index (χ1) is 15.1. The van der Waals surface area contributed by atoms with Crippen molar-refractivity contribution in [2.45, 2.75) is 18.9 Å². The Labute approximate surface area is 179 Å². The molecule has 0 N–H and O–H groups in total. The van der Waals surface area contributed by atoms with Crippen LogP contribution in [0, 0.1) is 11.6 Å². The lowest BCUT2D eigenvalue weighted by molar-refractivity contribution is 0.145. The number of carbonyl (C=O) groups is 1. The highest BCUT2D eigenvalue weighted by Crippen LogP contribution is 2.35. The summed E-state index contributed by atoms with van der Waals surface area (Å²) in [6, 6.07) is 11.6. The first kappa shape index (κ1) is 20.0. The predicted molar refractivity (Wildman–Crippen MR) is 115 cm³/mol. The number of hydrogen-bond donors (Lipinski definition) is 0. The Morgan fingerprint density at radius 1 is 0.935 bits per heavy atom. The number of fused-ring (bicyclic) bond motifs is 1. The summed E-state index contributed by atoms with van der Waals surface area (Å²) >= 11 is 0. The molecule has 2 aliphatic heterocycles. The maximum absolute atomic E-state index is 14.0. The second-order valence-corrected chi connectivity index (χ2v) is 8.29. The van der Waals surface area contributed by atoms with Crippen molar-refractivity contribution in [2.24, 2.45) is 0 Å². The van der Waals surface area contributed by atoms with Crippen LogP contribution in [0.4, 0.5) is 13.6 Å². The standard InChI is InChI=1S/C24H25F2N3O2/c25-18-3-1-17(2-4-18)22-16-29(23-6-5-19(26)15-21(22)23)20-7-9-27(10-8-20)11-12-28-13-14-31-24(28)30/h1-6,15-16,20H,7-14H2. The van der Waals surface area contributed by atoms with Gasteiger partial charge >= 0.3 is 6.09 Å². The average Bonchev–Trinajstić information content (AvgIpc) is 3.36. The number of carbonyl (C=O) groups excluding carboxylic acids is 1. The Kier molecular flexibility index (Phi) is 5.36. The third kappa shape index (κ3) is 4.02. The third-order valence-electron chi connectivity index (χ3n) is 6.43. The maximum Gasteiger partial charge on any atom is 0.409 e. The van der Waals surface area contributed by atoms with Crippen molar-refractivity contribution in [3.63, 3.8) is 0 Å². The van der Waals surface area contributed by atoms with Crippen LogP contribution in [0.15, 0.2) is 48.7 Å². The van der Waals surface area contributed by atoms with Crippen molar-refractivity contribution < 1.29 is 18.3 Å². The normalized spacial score (nSPS) is 18.1. The highest BCUT2D eigenvalue weighted by Gasteiger charge is 2.26. The fraction of sp³-hybridized carbons (Fsp3) is 0.375. The minimum absolute atomic E-state index is 0.214. The van der Waals surface area contributed by atoms with E-state index in [-0.39, 0.29) is 17.7 Å². The number of aromatic nitrogens is 1. The van der Waals surface area contributed by atoms with Gasteiger partial charge in [0.15, 0.2) is 0 Å². The summed E-state index contributed by atoms with van der Waals surface area (Å²) < 4.78 is 34.7. The molecule has 2 aromatic carbocycles. The predicted octanol–water partition coefficient (Wildman–Crippen LogP) is 4.68. The van der Waals surface area contributed by atoms with Gasteiger partial charge in [-0.1, -0.05) is 12.1 Å². The molecule has 0 radical (unpaired) electrons. The molecule has 5 rings (SSSR count). The first-order valence-corrected chi connectivity index (χ1v) is 10.8. The number of likely N-dealkylation sites (tertiary alicyclic amines) is 1. The fourth-order valence-electron chi connectivity index (χ4n) is 4.70. The van der Waals surface area contributed by atoms with Crippen molar-refractivity contribution in [1.82, 2.24) is 14.4 Å². The molecule has 3 heterocycles. The Bertz CT molecular complexity index is 1090. The van der Waals surface area contributed by atoms with Gasteiger partial charge in [0, 0.05) is 54.9 Å². The van der Waals surface area contributed by atoms with E-state index in [1.54, 1.807) is 23.1 Å². The molecule has 0 aliphatic carbocycles. The summed E-state index contributed by atoms with van der Waals surface area (Å²) in [5, 5.41) is 0.849. The summed E-state index contributed by atoms with van der Waals surface area (Å²) in [5.41, 5.74) is 2.80. The van der Waals surface area contributed by atoms with Crippen molar-refractivity contribution >= 4 is 17.0 Å². The van der Waals surface area contributed by atoms with E-state index in [0.29, 0.717) is 25.7 Å². The fourth-order valence-corrected chi connectivity index (χ4v) is 4.70. The molecule has 0 spiro atoms. The van der Waals surface area contributed by atoms with Crippen LogP contribution in [0.25, 0.3) is 22.0 Å². The number of rotatable bonds is 5. The largest absolute Gasteiger partial charge is 0.448 e. The van der Waals surface area contributed by atoms with E-state index in [9.17, 15) is 13.6 Å². The number of ether oxygens (including phenoxy) is 1. The van der Waals surface area contributed by atoms with E-state index in [2.05, 4.69) is 15.7 Å². The Balaban J connectivity index is 1.33. The second-order valence-electron chi connectivity index (χ2n) is 8.29. The van der Waals surface area contributed by atoms with Gasteiger partial charge in [-0.3, -0.25) is 0 Å². The van der Waals surface area contributed by atoms with Gasteiger partial charge in [-0.05, 0) is 48.7 Å². The molecule has 2 fully saturated rings. The highest BCUT2D eigenvalue weighted by atomic mass is 19.1. The molecule has 2 aliphatic rings. The number of nitrogens with zero attached hydrogens (tertiary/aromatic N) is 3. The van der Waals surface area contributed by atoms with Crippen LogP contribution in [0.2, 0.25) is 0 Å². The van der Waals surface area contributed by atoms with E-state index >= 15 is 0 Å². The number of cyclic esters (lactones) is 1.